The van der Waals surface area contributed by atoms with E-state index < -0.39 is 24.3 Å². The number of carbonyl (C=O) groups excluding carboxylic acids is 2. The molecule has 1 N–H and O–H groups in total. The Balaban J connectivity index is 1.56. The summed E-state index contributed by atoms with van der Waals surface area (Å²) in [5.74, 6) is -2.08. The second kappa shape index (κ2) is 9.62. The maximum atomic E-state index is 13.2. The molecule has 0 aliphatic rings. The lowest BCUT2D eigenvalue weighted by atomic mass is 10.1. The minimum absolute atomic E-state index is 0.00956. The van der Waals surface area contributed by atoms with E-state index in [1.54, 1.807) is 24.3 Å². The number of benzene rings is 3. The number of hydrogen-bond donors (Lipinski definition) is 1. The quantitative estimate of drug-likeness (QED) is 0.434. The van der Waals surface area contributed by atoms with Gasteiger partial charge in [-0.25, -0.2) is 13.9 Å². The number of aromatic nitrogens is 2. The average molecular weight is 466 g/mol. The summed E-state index contributed by atoms with van der Waals surface area (Å²) in [5, 5.41) is 7.29. The molecule has 0 aliphatic carbocycles. The largest absolute Gasteiger partial charge is 0.451 e. The van der Waals surface area contributed by atoms with Crippen LogP contribution in [0, 0.1) is 5.82 Å². The van der Waals surface area contributed by atoms with Gasteiger partial charge in [-0.2, -0.15) is 5.10 Å². The summed E-state index contributed by atoms with van der Waals surface area (Å²) in [6.45, 7) is -0.464. The third kappa shape index (κ3) is 5.07. The Kier molecular flexibility index (Phi) is 6.46. The molecule has 0 radical (unpaired) electrons. The number of amides is 1. The summed E-state index contributed by atoms with van der Waals surface area (Å²) in [4.78, 5) is 37.9. The first kappa shape index (κ1) is 22.2. The lowest BCUT2D eigenvalue weighted by Gasteiger charge is -2.11. The molecular weight excluding hydrogens is 449 g/mol. The predicted octanol–water partition coefficient (Wildman–Crippen LogP) is 4.03. The molecule has 4 rings (SSSR count). The molecule has 33 heavy (non-hydrogen) atoms. The van der Waals surface area contributed by atoms with Gasteiger partial charge in [-0.05, 0) is 29.8 Å². The van der Waals surface area contributed by atoms with Crippen molar-refractivity contribution in [2.45, 2.75) is 6.54 Å². The normalized spacial score (nSPS) is 10.7. The second-order valence-electron chi connectivity index (χ2n) is 7.09. The van der Waals surface area contributed by atoms with Gasteiger partial charge in [0.2, 0.25) is 0 Å². The molecule has 166 valence electrons. The van der Waals surface area contributed by atoms with Gasteiger partial charge < -0.3 is 10.1 Å². The van der Waals surface area contributed by atoms with Crippen LogP contribution in [0.1, 0.15) is 16.1 Å². The molecule has 0 spiro atoms. The maximum absolute atomic E-state index is 13.2. The van der Waals surface area contributed by atoms with Gasteiger partial charge in [0.05, 0.1) is 22.6 Å². The summed E-state index contributed by atoms with van der Waals surface area (Å²) in [6, 6.07) is 19.2. The molecule has 0 fully saturated rings. The van der Waals surface area contributed by atoms with Gasteiger partial charge in [-0.3, -0.25) is 9.59 Å². The summed E-state index contributed by atoms with van der Waals surface area (Å²) in [5.41, 5.74) is 0.569. The molecule has 0 saturated carbocycles. The molecule has 1 heterocycles. The smallest absolute Gasteiger partial charge is 0.359 e. The van der Waals surface area contributed by atoms with Gasteiger partial charge in [0.15, 0.2) is 12.3 Å². The van der Waals surface area contributed by atoms with Gasteiger partial charge in [0, 0.05) is 5.39 Å². The first-order valence-electron chi connectivity index (χ1n) is 9.88. The molecule has 0 bridgehead atoms. The highest BCUT2D eigenvalue weighted by Gasteiger charge is 2.19. The molecular formula is C24H17ClFN3O4. The number of ether oxygens (including phenoxy) is 1. The Bertz CT molecular complexity index is 1410. The lowest BCUT2D eigenvalue weighted by molar-refractivity contribution is -0.119. The van der Waals surface area contributed by atoms with Crippen LogP contribution in [0.25, 0.3) is 10.8 Å². The Labute approximate surface area is 192 Å². The number of esters is 1. The van der Waals surface area contributed by atoms with E-state index >= 15 is 0 Å². The molecule has 4 aromatic rings. The number of hydrogen-bond acceptors (Lipinski definition) is 5. The monoisotopic (exact) mass is 465 g/mol. The zero-order valence-electron chi connectivity index (χ0n) is 17.1. The zero-order valence-corrected chi connectivity index (χ0v) is 17.9. The van der Waals surface area contributed by atoms with Crippen molar-refractivity contribution in [1.29, 1.82) is 0 Å². The summed E-state index contributed by atoms with van der Waals surface area (Å²) >= 11 is 5.89. The van der Waals surface area contributed by atoms with Crippen LogP contribution >= 0.6 is 11.6 Å². The number of anilines is 1. The molecule has 0 atom stereocenters. The highest BCUT2D eigenvalue weighted by atomic mass is 35.5. The van der Waals surface area contributed by atoms with Crippen LogP contribution in [-0.4, -0.2) is 28.3 Å². The van der Waals surface area contributed by atoms with E-state index in [0.29, 0.717) is 10.8 Å². The molecule has 0 unspecified atom stereocenters. The van der Waals surface area contributed by atoms with E-state index in [9.17, 15) is 18.8 Å². The fourth-order valence-corrected chi connectivity index (χ4v) is 3.44. The Hall–Kier alpha value is -4.04. The maximum Gasteiger partial charge on any atom is 0.359 e. The Morgan fingerprint density at radius 3 is 2.42 bits per heavy atom. The highest BCUT2D eigenvalue weighted by Crippen LogP contribution is 2.22. The molecule has 3 aromatic carbocycles. The zero-order chi connectivity index (χ0) is 23.4. The summed E-state index contributed by atoms with van der Waals surface area (Å²) in [6.07, 6.45) is 0. The molecule has 1 aromatic heterocycles. The third-order valence-electron chi connectivity index (χ3n) is 4.78. The van der Waals surface area contributed by atoms with E-state index in [-0.39, 0.29) is 28.5 Å². The number of halogens is 2. The van der Waals surface area contributed by atoms with Crippen LogP contribution in [-0.2, 0) is 16.1 Å². The summed E-state index contributed by atoms with van der Waals surface area (Å²) < 4.78 is 19.5. The fraction of sp³-hybridized carbons (Fsp3) is 0.0833. The van der Waals surface area contributed by atoms with Gasteiger partial charge in [0.25, 0.3) is 11.5 Å². The van der Waals surface area contributed by atoms with Gasteiger partial charge in [-0.1, -0.05) is 60.1 Å². The highest BCUT2D eigenvalue weighted by molar-refractivity contribution is 6.33. The van der Waals surface area contributed by atoms with Crippen molar-refractivity contribution in [2.75, 3.05) is 11.9 Å². The van der Waals surface area contributed by atoms with Crippen molar-refractivity contribution in [3.63, 3.8) is 0 Å². The van der Waals surface area contributed by atoms with Crippen molar-refractivity contribution in [3.8, 4) is 0 Å². The van der Waals surface area contributed by atoms with E-state index in [1.165, 1.54) is 10.7 Å². The van der Waals surface area contributed by atoms with Gasteiger partial charge in [-0.15, -0.1) is 0 Å². The number of fused-ring (bicyclic) bond motifs is 1. The molecule has 9 heteroatoms. The van der Waals surface area contributed by atoms with Crippen LogP contribution < -0.4 is 10.9 Å². The number of rotatable bonds is 6. The third-order valence-corrected chi connectivity index (χ3v) is 5.09. The topological polar surface area (TPSA) is 90.3 Å². The van der Waals surface area contributed by atoms with Crippen molar-refractivity contribution >= 4 is 39.9 Å². The first-order chi connectivity index (χ1) is 15.9. The SMILES string of the molecule is O=C(COC(=O)c1nn(Cc2ccccc2)c(=O)c2ccccc12)Nc1ccc(F)cc1Cl. The van der Waals surface area contributed by atoms with E-state index in [4.69, 9.17) is 16.3 Å². The average Bonchev–Trinajstić information content (AvgIpc) is 2.82. The fourth-order valence-electron chi connectivity index (χ4n) is 3.23. The van der Waals surface area contributed by atoms with Crippen molar-refractivity contribution < 1.29 is 18.7 Å². The van der Waals surface area contributed by atoms with E-state index in [1.807, 2.05) is 30.3 Å². The van der Waals surface area contributed by atoms with Gasteiger partial charge >= 0.3 is 5.97 Å². The van der Waals surface area contributed by atoms with Crippen molar-refractivity contribution in [2.24, 2.45) is 0 Å². The number of nitrogens with one attached hydrogen (secondary N) is 1. The standard InChI is InChI=1S/C24H17ClFN3O4/c25-19-12-16(26)10-11-20(19)27-21(30)14-33-24(32)22-17-8-4-5-9-18(17)23(31)29(28-22)13-15-6-2-1-3-7-15/h1-12H,13-14H2,(H,27,30). The van der Waals surface area contributed by atoms with Crippen LogP contribution in [0.3, 0.4) is 0 Å². The lowest BCUT2D eigenvalue weighted by Crippen LogP contribution is -2.28. The molecule has 0 aliphatic heterocycles. The van der Waals surface area contributed by atoms with Crippen LogP contribution in [0.2, 0.25) is 5.02 Å². The number of carbonyl (C=O) groups is 2. The van der Waals surface area contributed by atoms with E-state index in [0.717, 1.165) is 17.7 Å². The van der Waals surface area contributed by atoms with Crippen molar-refractivity contribution in [1.82, 2.24) is 9.78 Å². The van der Waals surface area contributed by atoms with E-state index in [2.05, 4.69) is 10.4 Å². The first-order valence-corrected chi connectivity index (χ1v) is 10.3. The minimum atomic E-state index is -0.867. The van der Waals surface area contributed by atoms with Crippen LogP contribution in [0.15, 0.2) is 77.6 Å². The Morgan fingerprint density at radius 1 is 1.00 bits per heavy atom. The number of nitrogens with zero attached hydrogens (tertiary/aromatic N) is 2. The van der Waals surface area contributed by atoms with Crippen LogP contribution in [0.5, 0.6) is 0 Å². The molecule has 1 amide bonds. The predicted molar refractivity (Wildman–Crippen MR) is 122 cm³/mol. The molecule has 0 saturated heterocycles. The second-order valence-corrected chi connectivity index (χ2v) is 7.50. The summed E-state index contributed by atoms with van der Waals surface area (Å²) in [7, 11) is 0. The van der Waals surface area contributed by atoms with Gasteiger partial charge in [0.1, 0.15) is 5.82 Å². The van der Waals surface area contributed by atoms with Crippen LogP contribution in [0.4, 0.5) is 10.1 Å². The molecule has 7 nitrogen and oxygen atoms in total. The Morgan fingerprint density at radius 2 is 1.70 bits per heavy atom. The minimum Gasteiger partial charge on any atom is -0.451 e. The van der Waals surface area contributed by atoms with Crippen molar-refractivity contribution in [3.05, 3.63) is 105 Å².